The van der Waals surface area contributed by atoms with Crippen molar-refractivity contribution in [3.05, 3.63) is 71.7 Å². The summed E-state index contributed by atoms with van der Waals surface area (Å²) in [5, 5.41) is 0.780. The number of ketones is 1. The Hall–Kier alpha value is -2.95. The van der Waals surface area contributed by atoms with E-state index in [1.165, 1.54) is 12.1 Å². The van der Waals surface area contributed by atoms with Crippen LogP contribution in [0.4, 0.5) is 4.39 Å². The van der Waals surface area contributed by atoms with Crippen LogP contribution in [0.5, 0.6) is 0 Å². The molecule has 0 bridgehead atoms. The van der Waals surface area contributed by atoms with E-state index < -0.39 is 11.8 Å². The highest BCUT2D eigenvalue weighted by Gasteiger charge is 2.15. The number of hydrogen-bond donors (Lipinski definition) is 1. The molecule has 0 amide bonds. The molecule has 0 radical (unpaired) electrons. The van der Waals surface area contributed by atoms with Crippen molar-refractivity contribution in [2.75, 3.05) is 6.61 Å². The number of H-pyrrole nitrogens is 1. The fraction of sp³-hybridized carbons (Fsp3) is 0.111. The molecule has 5 heteroatoms. The molecule has 0 aliphatic heterocycles. The van der Waals surface area contributed by atoms with Crippen LogP contribution in [-0.4, -0.2) is 23.3 Å². The van der Waals surface area contributed by atoms with Crippen molar-refractivity contribution in [3.8, 4) is 0 Å². The van der Waals surface area contributed by atoms with Gasteiger partial charge in [0.1, 0.15) is 5.82 Å². The molecule has 3 rings (SSSR count). The van der Waals surface area contributed by atoms with E-state index in [-0.39, 0.29) is 24.4 Å². The monoisotopic (exact) mass is 311 g/mol. The van der Waals surface area contributed by atoms with Gasteiger partial charge in [-0.05, 0) is 17.7 Å². The Morgan fingerprint density at radius 3 is 2.61 bits per heavy atom. The number of rotatable bonds is 5. The van der Waals surface area contributed by atoms with Crippen molar-refractivity contribution in [1.82, 2.24) is 4.98 Å². The van der Waals surface area contributed by atoms with E-state index in [0.717, 1.165) is 10.9 Å². The third-order valence-corrected chi connectivity index (χ3v) is 3.55. The second-order valence-corrected chi connectivity index (χ2v) is 5.10. The van der Waals surface area contributed by atoms with E-state index in [9.17, 15) is 14.0 Å². The van der Waals surface area contributed by atoms with Gasteiger partial charge in [-0.3, -0.25) is 9.59 Å². The molecule has 0 unspecified atom stereocenters. The Labute approximate surface area is 131 Å². The SMILES string of the molecule is O=C(Cc1ccccc1F)OCC(=O)c1c[nH]c2ccccc12. The number of carbonyl (C=O) groups excluding carboxylic acids is 2. The number of aromatic amines is 1. The zero-order valence-corrected chi connectivity index (χ0v) is 12.2. The number of esters is 1. The zero-order valence-electron chi connectivity index (χ0n) is 12.2. The highest BCUT2D eigenvalue weighted by Crippen LogP contribution is 2.18. The van der Waals surface area contributed by atoms with E-state index in [4.69, 9.17) is 4.74 Å². The molecule has 0 aliphatic rings. The van der Waals surface area contributed by atoms with Gasteiger partial charge in [-0.15, -0.1) is 0 Å². The van der Waals surface area contributed by atoms with E-state index in [1.807, 2.05) is 24.3 Å². The maximum atomic E-state index is 13.5. The number of halogens is 1. The molecule has 0 atom stereocenters. The second-order valence-electron chi connectivity index (χ2n) is 5.10. The number of aromatic nitrogens is 1. The molecule has 4 nitrogen and oxygen atoms in total. The van der Waals surface area contributed by atoms with Gasteiger partial charge in [-0.25, -0.2) is 4.39 Å². The lowest BCUT2D eigenvalue weighted by Crippen LogP contribution is -2.16. The molecule has 3 aromatic rings. The number of fused-ring (bicyclic) bond motifs is 1. The summed E-state index contributed by atoms with van der Waals surface area (Å²) in [6.45, 7) is -0.366. The Bertz CT molecular complexity index is 869. The van der Waals surface area contributed by atoms with Gasteiger partial charge in [0, 0.05) is 22.7 Å². The molecule has 1 heterocycles. The Kier molecular flexibility index (Phi) is 4.19. The molecule has 2 aromatic carbocycles. The normalized spacial score (nSPS) is 10.7. The Balaban J connectivity index is 1.63. The molecule has 23 heavy (non-hydrogen) atoms. The van der Waals surface area contributed by atoms with E-state index in [1.54, 1.807) is 18.3 Å². The molecule has 1 aromatic heterocycles. The summed E-state index contributed by atoms with van der Waals surface area (Å²) in [6.07, 6.45) is 1.39. The first-order valence-corrected chi connectivity index (χ1v) is 7.13. The first kappa shape index (κ1) is 15.0. The van der Waals surface area contributed by atoms with E-state index in [2.05, 4.69) is 4.98 Å². The van der Waals surface area contributed by atoms with Crippen molar-refractivity contribution in [2.45, 2.75) is 6.42 Å². The second kappa shape index (κ2) is 6.44. The van der Waals surface area contributed by atoms with Crippen LogP contribution in [0.1, 0.15) is 15.9 Å². The smallest absolute Gasteiger partial charge is 0.310 e. The highest BCUT2D eigenvalue weighted by molar-refractivity contribution is 6.08. The third kappa shape index (κ3) is 3.29. The fourth-order valence-electron chi connectivity index (χ4n) is 2.37. The van der Waals surface area contributed by atoms with Crippen LogP contribution in [0.15, 0.2) is 54.7 Å². The average Bonchev–Trinajstić information content (AvgIpc) is 2.99. The molecular formula is C18H14FNO3. The van der Waals surface area contributed by atoms with Crippen LogP contribution in [0, 0.1) is 5.82 Å². The number of hydrogen-bond acceptors (Lipinski definition) is 3. The van der Waals surface area contributed by atoms with Crippen LogP contribution < -0.4 is 0 Å². The van der Waals surface area contributed by atoms with Gasteiger partial charge in [0.25, 0.3) is 0 Å². The minimum Gasteiger partial charge on any atom is -0.457 e. The maximum absolute atomic E-state index is 13.5. The van der Waals surface area contributed by atoms with Gasteiger partial charge in [0.05, 0.1) is 6.42 Å². The van der Waals surface area contributed by atoms with Crippen molar-refractivity contribution in [3.63, 3.8) is 0 Å². The number of benzene rings is 2. The zero-order chi connectivity index (χ0) is 16.2. The summed E-state index contributed by atoms with van der Waals surface area (Å²) >= 11 is 0. The van der Waals surface area contributed by atoms with Crippen molar-refractivity contribution in [2.24, 2.45) is 0 Å². The highest BCUT2D eigenvalue weighted by atomic mass is 19.1. The summed E-state index contributed by atoms with van der Waals surface area (Å²) < 4.78 is 18.4. The molecule has 1 N–H and O–H groups in total. The number of carbonyl (C=O) groups is 2. The Morgan fingerprint density at radius 2 is 1.78 bits per heavy atom. The minimum atomic E-state index is -0.636. The predicted octanol–water partition coefficient (Wildman–Crippen LogP) is 3.28. The summed E-state index contributed by atoms with van der Waals surface area (Å²) in [7, 11) is 0. The van der Waals surface area contributed by atoms with Gasteiger partial charge in [-0.1, -0.05) is 36.4 Å². The van der Waals surface area contributed by atoms with Crippen LogP contribution in [0.2, 0.25) is 0 Å². The molecule has 0 aliphatic carbocycles. The van der Waals surface area contributed by atoms with Crippen LogP contribution >= 0.6 is 0 Å². The molecule has 0 spiro atoms. The lowest BCUT2D eigenvalue weighted by molar-refractivity contribution is -0.141. The molecular weight excluding hydrogens is 297 g/mol. The molecule has 0 saturated heterocycles. The first-order valence-electron chi connectivity index (χ1n) is 7.13. The van der Waals surface area contributed by atoms with E-state index in [0.29, 0.717) is 5.56 Å². The first-order chi connectivity index (χ1) is 11.1. The van der Waals surface area contributed by atoms with Crippen LogP contribution in [-0.2, 0) is 16.0 Å². The van der Waals surface area contributed by atoms with Crippen LogP contribution in [0.3, 0.4) is 0 Å². The lowest BCUT2D eigenvalue weighted by Gasteiger charge is -2.05. The maximum Gasteiger partial charge on any atom is 0.310 e. The number of Topliss-reactive ketones (excluding diaryl/α,β-unsaturated/α-hetero) is 1. The van der Waals surface area contributed by atoms with Gasteiger partial charge in [-0.2, -0.15) is 0 Å². The van der Waals surface area contributed by atoms with Crippen molar-refractivity contribution in [1.29, 1.82) is 0 Å². The summed E-state index contributed by atoms with van der Waals surface area (Å²) in [5.74, 6) is -1.40. The molecule has 0 fully saturated rings. The van der Waals surface area contributed by atoms with Gasteiger partial charge in [0.15, 0.2) is 6.61 Å². The quantitative estimate of drug-likeness (QED) is 0.581. The number of nitrogens with one attached hydrogen (secondary N) is 1. The number of ether oxygens (including phenoxy) is 1. The van der Waals surface area contributed by atoms with Crippen molar-refractivity contribution < 1.29 is 18.7 Å². The average molecular weight is 311 g/mol. The summed E-state index contributed by atoms with van der Waals surface area (Å²) in [4.78, 5) is 26.9. The Morgan fingerprint density at radius 1 is 1.04 bits per heavy atom. The van der Waals surface area contributed by atoms with Gasteiger partial charge < -0.3 is 9.72 Å². The summed E-state index contributed by atoms with van der Waals surface area (Å²) in [5.41, 5.74) is 1.56. The largest absolute Gasteiger partial charge is 0.457 e. The fourth-order valence-corrected chi connectivity index (χ4v) is 2.37. The van der Waals surface area contributed by atoms with E-state index >= 15 is 0 Å². The van der Waals surface area contributed by atoms with Crippen molar-refractivity contribution >= 4 is 22.7 Å². The topological polar surface area (TPSA) is 59.2 Å². The van der Waals surface area contributed by atoms with Crippen LogP contribution in [0.25, 0.3) is 10.9 Å². The standard InChI is InChI=1S/C18H14FNO3/c19-15-7-3-1-5-12(15)9-18(22)23-11-17(21)14-10-20-16-8-4-2-6-13(14)16/h1-8,10,20H,9,11H2. The van der Waals surface area contributed by atoms with Gasteiger partial charge in [0.2, 0.25) is 5.78 Å². The number of para-hydroxylation sites is 1. The van der Waals surface area contributed by atoms with Gasteiger partial charge >= 0.3 is 5.97 Å². The minimum absolute atomic E-state index is 0.201. The summed E-state index contributed by atoms with van der Waals surface area (Å²) in [6, 6.07) is 13.3. The third-order valence-electron chi connectivity index (χ3n) is 3.55. The predicted molar refractivity (Wildman–Crippen MR) is 83.7 cm³/mol. The molecule has 116 valence electrons. The lowest BCUT2D eigenvalue weighted by atomic mass is 10.1. The molecule has 0 saturated carbocycles.